The standard InChI is InChI=1S/C18H22N4O3/c1-12-9-13(2)21-18(20-12)25-15-5-4-8-22(11-15)17(23)14-6-7-16(24-3)19-10-14/h6-7,9-10,15H,4-5,8,11H2,1-3H3/t15-/m0/s1. The lowest BCUT2D eigenvalue weighted by Gasteiger charge is -2.32. The van der Waals surface area contributed by atoms with Gasteiger partial charge in [-0.3, -0.25) is 4.79 Å². The highest BCUT2D eigenvalue weighted by Gasteiger charge is 2.26. The second-order valence-corrected chi connectivity index (χ2v) is 6.16. The van der Waals surface area contributed by atoms with Crippen LogP contribution >= 0.6 is 0 Å². The molecule has 1 atom stereocenters. The van der Waals surface area contributed by atoms with Gasteiger partial charge in [0, 0.05) is 30.2 Å². The Kier molecular flexibility index (Phi) is 5.11. The number of hydrogen-bond donors (Lipinski definition) is 0. The van der Waals surface area contributed by atoms with Crippen LogP contribution in [0, 0.1) is 13.8 Å². The Morgan fingerprint density at radius 3 is 2.64 bits per heavy atom. The molecule has 132 valence electrons. The predicted molar refractivity (Wildman–Crippen MR) is 91.8 cm³/mol. The van der Waals surface area contributed by atoms with Gasteiger partial charge in [0.2, 0.25) is 5.88 Å². The second-order valence-electron chi connectivity index (χ2n) is 6.16. The number of ether oxygens (including phenoxy) is 2. The average Bonchev–Trinajstić information content (AvgIpc) is 2.60. The minimum absolute atomic E-state index is 0.0511. The lowest BCUT2D eigenvalue weighted by molar-refractivity contribution is 0.0514. The van der Waals surface area contributed by atoms with Gasteiger partial charge in [0.15, 0.2) is 0 Å². The minimum Gasteiger partial charge on any atom is -0.481 e. The number of nitrogens with zero attached hydrogens (tertiary/aromatic N) is 4. The summed E-state index contributed by atoms with van der Waals surface area (Å²) in [7, 11) is 1.55. The number of carbonyl (C=O) groups excluding carboxylic acids is 1. The molecule has 0 aromatic carbocycles. The fraction of sp³-hybridized carbons (Fsp3) is 0.444. The maximum Gasteiger partial charge on any atom is 0.317 e. The molecule has 7 nitrogen and oxygen atoms in total. The largest absolute Gasteiger partial charge is 0.481 e. The highest BCUT2D eigenvalue weighted by Crippen LogP contribution is 2.18. The van der Waals surface area contributed by atoms with E-state index in [0.29, 0.717) is 30.5 Å². The number of amides is 1. The number of rotatable bonds is 4. The third-order valence-electron chi connectivity index (χ3n) is 4.09. The summed E-state index contributed by atoms with van der Waals surface area (Å²) in [4.78, 5) is 27.2. The average molecular weight is 342 g/mol. The van der Waals surface area contributed by atoms with Gasteiger partial charge < -0.3 is 14.4 Å². The molecule has 25 heavy (non-hydrogen) atoms. The molecule has 0 aliphatic carbocycles. The third kappa shape index (κ3) is 4.23. The number of pyridine rings is 1. The van der Waals surface area contributed by atoms with Gasteiger partial charge in [-0.05, 0) is 38.8 Å². The Labute approximate surface area is 147 Å². The molecule has 0 saturated carbocycles. The number of aryl methyl sites for hydroxylation is 2. The molecule has 1 fully saturated rings. The molecule has 3 rings (SSSR count). The van der Waals surface area contributed by atoms with Gasteiger partial charge in [-0.15, -0.1) is 0 Å². The van der Waals surface area contributed by atoms with Crippen LogP contribution in [0.5, 0.6) is 11.9 Å². The second kappa shape index (κ2) is 7.46. The van der Waals surface area contributed by atoms with Crippen molar-refractivity contribution >= 4 is 5.91 Å². The lowest BCUT2D eigenvalue weighted by atomic mass is 10.1. The molecule has 1 amide bonds. The molecule has 2 aromatic heterocycles. The van der Waals surface area contributed by atoms with E-state index in [-0.39, 0.29) is 12.0 Å². The van der Waals surface area contributed by atoms with Crippen molar-refractivity contribution in [1.82, 2.24) is 19.9 Å². The summed E-state index contributed by atoms with van der Waals surface area (Å²) in [5.41, 5.74) is 2.29. The van der Waals surface area contributed by atoms with Crippen molar-refractivity contribution in [2.24, 2.45) is 0 Å². The number of likely N-dealkylation sites (tertiary alicyclic amines) is 1. The van der Waals surface area contributed by atoms with Crippen LogP contribution in [0.1, 0.15) is 34.6 Å². The van der Waals surface area contributed by atoms with E-state index in [1.807, 2.05) is 19.9 Å². The van der Waals surface area contributed by atoms with Crippen LogP contribution in [-0.2, 0) is 0 Å². The van der Waals surface area contributed by atoms with Crippen LogP contribution in [0.3, 0.4) is 0 Å². The number of methoxy groups -OCH3 is 1. The molecule has 0 radical (unpaired) electrons. The van der Waals surface area contributed by atoms with E-state index in [4.69, 9.17) is 9.47 Å². The van der Waals surface area contributed by atoms with Crippen molar-refractivity contribution in [2.75, 3.05) is 20.2 Å². The van der Waals surface area contributed by atoms with Crippen LogP contribution in [0.4, 0.5) is 0 Å². The third-order valence-corrected chi connectivity index (χ3v) is 4.09. The molecule has 1 saturated heterocycles. The normalized spacial score (nSPS) is 17.2. The van der Waals surface area contributed by atoms with E-state index >= 15 is 0 Å². The van der Waals surface area contributed by atoms with E-state index in [9.17, 15) is 4.79 Å². The van der Waals surface area contributed by atoms with Gasteiger partial charge in [-0.25, -0.2) is 15.0 Å². The van der Waals surface area contributed by atoms with Crippen molar-refractivity contribution in [2.45, 2.75) is 32.8 Å². The molecule has 0 unspecified atom stereocenters. The zero-order chi connectivity index (χ0) is 17.8. The first-order valence-electron chi connectivity index (χ1n) is 8.33. The SMILES string of the molecule is COc1ccc(C(=O)N2CCC[C@H](Oc3nc(C)cc(C)n3)C2)cn1. The number of carbonyl (C=O) groups is 1. The van der Waals surface area contributed by atoms with E-state index in [1.165, 1.54) is 0 Å². The summed E-state index contributed by atoms with van der Waals surface area (Å²) in [6, 6.07) is 5.70. The predicted octanol–water partition coefficient (Wildman–Crippen LogP) is 2.18. The van der Waals surface area contributed by atoms with Gasteiger partial charge in [-0.1, -0.05) is 0 Å². The Hall–Kier alpha value is -2.70. The molecule has 1 aliphatic rings. The first-order chi connectivity index (χ1) is 12.0. The highest BCUT2D eigenvalue weighted by atomic mass is 16.5. The maximum absolute atomic E-state index is 12.7. The van der Waals surface area contributed by atoms with Crippen molar-refractivity contribution in [3.63, 3.8) is 0 Å². The fourth-order valence-corrected chi connectivity index (χ4v) is 2.92. The number of aromatic nitrogens is 3. The van der Waals surface area contributed by atoms with Crippen LogP contribution < -0.4 is 9.47 Å². The summed E-state index contributed by atoms with van der Waals surface area (Å²) in [6.45, 7) is 5.05. The van der Waals surface area contributed by atoms with E-state index < -0.39 is 0 Å². The van der Waals surface area contributed by atoms with Crippen molar-refractivity contribution in [3.8, 4) is 11.9 Å². The van der Waals surface area contributed by atoms with Gasteiger partial charge in [0.05, 0.1) is 19.2 Å². The van der Waals surface area contributed by atoms with Gasteiger partial charge in [-0.2, -0.15) is 0 Å². The monoisotopic (exact) mass is 342 g/mol. The topological polar surface area (TPSA) is 77.4 Å². The van der Waals surface area contributed by atoms with Crippen LogP contribution in [0.2, 0.25) is 0 Å². The molecule has 3 heterocycles. The van der Waals surface area contributed by atoms with Crippen molar-refractivity contribution < 1.29 is 14.3 Å². The molecule has 1 aliphatic heterocycles. The van der Waals surface area contributed by atoms with Crippen LogP contribution in [0.25, 0.3) is 0 Å². The Bertz CT molecular complexity index is 728. The fourth-order valence-electron chi connectivity index (χ4n) is 2.92. The van der Waals surface area contributed by atoms with Gasteiger partial charge in [0.25, 0.3) is 5.91 Å². The molecular formula is C18H22N4O3. The quantitative estimate of drug-likeness (QED) is 0.847. The Balaban J connectivity index is 1.66. The molecule has 0 spiro atoms. The first-order valence-corrected chi connectivity index (χ1v) is 8.33. The summed E-state index contributed by atoms with van der Waals surface area (Å²) in [6.07, 6.45) is 3.19. The Morgan fingerprint density at radius 2 is 2.00 bits per heavy atom. The highest BCUT2D eigenvalue weighted by molar-refractivity contribution is 5.94. The summed E-state index contributed by atoms with van der Waals surface area (Å²) < 4.78 is 10.9. The van der Waals surface area contributed by atoms with Crippen molar-refractivity contribution in [3.05, 3.63) is 41.3 Å². The molecule has 7 heteroatoms. The van der Waals surface area contributed by atoms with Crippen LogP contribution in [0.15, 0.2) is 24.4 Å². The molecular weight excluding hydrogens is 320 g/mol. The first kappa shape index (κ1) is 17.1. The molecule has 0 bridgehead atoms. The van der Waals surface area contributed by atoms with E-state index in [0.717, 1.165) is 24.2 Å². The lowest BCUT2D eigenvalue weighted by Crippen LogP contribution is -2.44. The minimum atomic E-state index is -0.106. The summed E-state index contributed by atoms with van der Waals surface area (Å²) >= 11 is 0. The number of piperidine rings is 1. The Morgan fingerprint density at radius 1 is 1.24 bits per heavy atom. The zero-order valence-corrected chi connectivity index (χ0v) is 14.7. The number of hydrogen-bond acceptors (Lipinski definition) is 6. The van der Waals surface area contributed by atoms with Crippen molar-refractivity contribution in [1.29, 1.82) is 0 Å². The molecule has 0 N–H and O–H groups in total. The van der Waals surface area contributed by atoms with Gasteiger partial charge >= 0.3 is 6.01 Å². The van der Waals surface area contributed by atoms with Gasteiger partial charge in [0.1, 0.15) is 6.10 Å². The van der Waals surface area contributed by atoms with Crippen LogP contribution in [-0.4, -0.2) is 52.1 Å². The van der Waals surface area contributed by atoms with E-state index in [1.54, 1.807) is 30.3 Å². The summed E-state index contributed by atoms with van der Waals surface area (Å²) in [5, 5.41) is 0. The molecule has 2 aromatic rings. The smallest absolute Gasteiger partial charge is 0.317 e. The van der Waals surface area contributed by atoms with E-state index in [2.05, 4.69) is 15.0 Å². The zero-order valence-electron chi connectivity index (χ0n) is 14.7. The summed E-state index contributed by atoms with van der Waals surface area (Å²) in [5.74, 6) is 0.438. The maximum atomic E-state index is 12.7.